The number of rotatable bonds is 8. The number of carbonyl (C=O) groups is 2. The van der Waals surface area contributed by atoms with Gasteiger partial charge in [0.05, 0.1) is 25.0 Å². The number of para-hydroxylation sites is 1. The number of aromatic nitrogens is 2. The minimum atomic E-state index is -0.710. The van der Waals surface area contributed by atoms with E-state index in [1.807, 2.05) is 42.6 Å². The van der Waals surface area contributed by atoms with Gasteiger partial charge in [0.2, 0.25) is 11.8 Å². The number of amides is 2. The Kier molecular flexibility index (Phi) is 6.73. The van der Waals surface area contributed by atoms with E-state index in [4.69, 9.17) is 10.5 Å². The van der Waals surface area contributed by atoms with Gasteiger partial charge in [-0.25, -0.2) is 0 Å². The molecule has 4 rings (SSSR count). The smallest absolute Gasteiger partial charge is 0.238 e. The standard InChI is InChI=1S/C25H29N4O3/c1-32-18-11-12-22(28-15-18)23(16-7-3-2-4-8-16)29-25(31)20(24(26)30)13-17-14-27-21-10-6-5-9-19(17)21/h5-6,9-12,14-16,23,27H,2-4,7-8,13H2,1H3,(H2,26,30)(H,29,31)/t23-/m0/s1. The zero-order chi connectivity index (χ0) is 22.5. The van der Waals surface area contributed by atoms with E-state index in [2.05, 4.69) is 15.3 Å². The molecule has 1 saturated carbocycles. The average molecular weight is 434 g/mol. The van der Waals surface area contributed by atoms with Crippen molar-refractivity contribution in [3.63, 3.8) is 0 Å². The number of hydrogen-bond acceptors (Lipinski definition) is 4. The lowest BCUT2D eigenvalue weighted by atomic mass is 9.82. The van der Waals surface area contributed by atoms with Crippen LogP contribution in [0.3, 0.4) is 0 Å². The Bertz CT molecular complexity index is 1070. The van der Waals surface area contributed by atoms with Crippen LogP contribution in [0.4, 0.5) is 0 Å². The Morgan fingerprint density at radius 3 is 2.66 bits per heavy atom. The van der Waals surface area contributed by atoms with Crippen molar-refractivity contribution < 1.29 is 14.3 Å². The largest absolute Gasteiger partial charge is 0.495 e. The van der Waals surface area contributed by atoms with E-state index in [-0.39, 0.29) is 24.3 Å². The molecule has 2 aromatic heterocycles. The number of pyridine rings is 1. The number of H-pyrrole nitrogens is 1. The van der Waals surface area contributed by atoms with Crippen LogP contribution < -0.4 is 15.8 Å². The van der Waals surface area contributed by atoms with Crippen LogP contribution in [0.25, 0.3) is 10.9 Å². The molecule has 167 valence electrons. The van der Waals surface area contributed by atoms with Crippen molar-refractivity contribution >= 4 is 22.7 Å². The van der Waals surface area contributed by atoms with Crippen molar-refractivity contribution in [2.75, 3.05) is 7.11 Å². The highest BCUT2D eigenvalue weighted by Crippen LogP contribution is 2.34. The third kappa shape index (κ3) is 4.77. The van der Waals surface area contributed by atoms with Crippen molar-refractivity contribution in [1.82, 2.24) is 15.3 Å². The summed E-state index contributed by atoms with van der Waals surface area (Å²) in [5.74, 6) is -0.181. The molecule has 0 bridgehead atoms. The minimum absolute atomic E-state index is 0.0454. The first-order valence-corrected chi connectivity index (χ1v) is 11.1. The maximum atomic E-state index is 13.3. The molecule has 1 aliphatic rings. The topological polar surface area (TPSA) is 110 Å². The van der Waals surface area contributed by atoms with E-state index in [1.54, 1.807) is 13.3 Å². The van der Waals surface area contributed by atoms with Crippen molar-refractivity contribution in [2.24, 2.45) is 11.7 Å². The van der Waals surface area contributed by atoms with Crippen LogP contribution in [-0.2, 0) is 16.0 Å². The summed E-state index contributed by atoms with van der Waals surface area (Å²) in [4.78, 5) is 33.3. The maximum absolute atomic E-state index is 13.3. The first kappa shape index (κ1) is 21.9. The van der Waals surface area contributed by atoms with Crippen LogP contribution in [0.2, 0.25) is 0 Å². The molecule has 2 heterocycles. The highest BCUT2D eigenvalue weighted by molar-refractivity contribution is 6.14. The Morgan fingerprint density at radius 1 is 1.19 bits per heavy atom. The molecule has 1 radical (unpaired) electrons. The summed E-state index contributed by atoms with van der Waals surface area (Å²) in [6, 6.07) is 11.2. The van der Waals surface area contributed by atoms with E-state index >= 15 is 0 Å². The van der Waals surface area contributed by atoms with Gasteiger partial charge in [0.1, 0.15) is 5.75 Å². The molecule has 32 heavy (non-hydrogen) atoms. The van der Waals surface area contributed by atoms with Crippen LogP contribution in [-0.4, -0.2) is 28.9 Å². The quantitative estimate of drug-likeness (QED) is 0.471. The molecule has 0 aliphatic heterocycles. The Hall–Kier alpha value is -3.35. The number of carbonyl (C=O) groups excluding carboxylic acids is 2. The second-order valence-electron chi connectivity index (χ2n) is 8.35. The second kappa shape index (κ2) is 9.85. The number of primary amides is 1. The number of hydrogen-bond donors (Lipinski definition) is 3. The molecule has 2 amide bonds. The molecule has 1 fully saturated rings. The van der Waals surface area contributed by atoms with Crippen LogP contribution >= 0.6 is 0 Å². The van der Waals surface area contributed by atoms with Gasteiger partial charge in [-0.05, 0) is 48.9 Å². The number of aromatic amines is 1. The molecule has 3 aromatic rings. The first-order chi connectivity index (χ1) is 15.6. The molecule has 0 spiro atoms. The fourth-order valence-corrected chi connectivity index (χ4v) is 4.57. The van der Waals surface area contributed by atoms with E-state index in [9.17, 15) is 9.59 Å². The summed E-state index contributed by atoms with van der Waals surface area (Å²) in [5.41, 5.74) is 8.23. The number of nitrogens with one attached hydrogen (secondary N) is 2. The fraction of sp³-hybridized carbons (Fsp3) is 0.360. The molecule has 7 nitrogen and oxygen atoms in total. The SMILES string of the molecule is COc1ccc([C@@H](NC(=O)[C](Cc2c[nH]c3ccccc23)C(N)=O)C2CCCCC2)nc1. The molecule has 1 aromatic carbocycles. The molecule has 4 N–H and O–H groups in total. The van der Waals surface area contributed by atoms with Crippen molar-refractivity contribution in [3.8, 4) is 5.75 Å². The Labute approximate surface area is 187 Å². The van der Waals surface area contributed by atoms with Crippen molar-refractivity contribution in [1.29, 1.82) is 0 Å². The lowest BCUT2D eigenvalue weighted by Gasteiger charge is -2.31. The summed E-state index contributed by atoms with van der Waals surface area (Å²) in [6.45, 7) is 0. The number of ether oxygens (including phenoxy) is 1. The summed E-state index contributed by atoms with van der Waals surface area (Å²) < 4.78 is 5.22. The molecule has 0 saturated heterocycles. The second-order valence-corrected chi connectivity index (χ2v) is 8.35. The first-order valence-electron chi connectivity index (χ1n) is 11.1. The number of benzene rings is 1. The molecule has 0 unspecified atom stereocenters. The van der Waals surface area contributed by atoms with Crippen molar-refractivity contribution in [3.05, 3.63) is 66.0 Å². The fourth-order valence-electron chi connectivity index (χ4n) is 4.57. The van der Waals surface area contributed by atoms with Crippen LogP contribution in [0.1, 0.15) is 49.4 Å². The monoisotopic (exact) mass is 433 g/mol. The highest BCUT2D eigenvalue weighted by atomic mass is 16.5. The molecule has 7 heteroatoms. The van der Waals surface area contributed by atoms with Crippen LogP contribution in [0, 0.1) is 11.8 Å². The summed E-state index contributed by atoms with van der Waals surface area (Å²) >= 11 is 0. The van der Waals surface area contributed by atoms with Crippen LogP contribution in [0.15, 0.2) is 48.8 Å². The van der Waals surface area contributed by atoms with Crippen molar-refractivity contribution in [2.45, 2.75) is 44.6 Å². The van der Waals surface area contributed by atoms with E-state index in [0.717, 1.165) is 47.8 Å². The lowest BCUT2D eigenvalue weighted by Crippen LogP contribution is -2.42. The highest BCUT2D eigenvalue weighted by Gasteiger charge is 2.33. The van der Waals surface area contributed by atoms with Gasteiger partial charge >= 0.3 is 0 Å². The Balaban J connectivity index is 1.57. The van der Waals surface area contributed by atoms with Gasteiger partial charge in [0.15, 0.2) is 5.92 Å². The van der Waals surface area contributed by atoms with E-state index < -0.39 is 11.8 Å². The third-order valence-electron chi connectivity index (χ3n) is 6.34. The predicted molar refractivity (Wildman–Crippen MR) is 123 cm³/mol. The molecular weight excluding hydrogens is 404 g/mol. The summed E-state index contributed by atoms with van der Waals surface area (Å²) in [6.07, 6.45) is 9.10. The Morgan fingerprint density at radius 2 is 1.97 bits per heavy atom. The van der Waals surface area contributed by atoms with Gasteiger partial charge in [-0.1, -0.05) is 37.5 Å². The number of nitrogens with zero attached hydrogens (tertiary/aromatic N) is 1. The van der Waals surface area contributed by atoms with Crippen LogP contribution in [0.5, 0.6) is 5.75 Å². The lowest BCUT2D eigenvalue weighted by molar-refractivity contribution is -0.126. The third-order valence-corrected chi connectivity index (χ3v) is 6.34. The van der Waals surface area contributed by atoms with E-state index in [1.165, 1.54) is 6.42 Å². The molecular formula is C25H29N4O3. The van der Waals surface area contributed by atoms with E-state index in [0.29, 0.717) is 5.75 Å². The number of nitrogens with two attached hydrogens (primary N) is 1. The zero-order valence-corrected chi connectivity index (χ0v) is 18.3. The molecule has 1 atom stereocenters. The summed E-state index contributed by atoms with van der Waals surface area (Å²) in [7, 11) is 1.59. The van der Waals surface area contributed by atoms with Gasteiger partial charge in [0.25, 0.3) is 0 Å². The summed E-state index contributed by atoms with van der Waals surface area (Å²) in [5, 5.41) is 4.06. The van der Waals surface area contributed by atoms with Gasteiger partial charge in [-0.15, -0.1) is 0 Å². The predicted octanol–water partition coefficient (Wildman–Crippen LogP) is 3.61. The zero-order valence-electron chi connectivity index (χ0n) is 18.3. The number of fused-ring (bicyclic) bond motifs is 1. The van der Waals surface area contributed by atoms with Gasteiger partial charge in [-0.2, -0.15) is 0 Å². The van der Waals surface area contributed by atoms with Gasteiger partial charge < -0.3 is 20.8 Å². The maximum Gasteiger partial charge on any atom is 0.238 e. The molecule has 1 aliphatic carbocycles. The average Bonchev–Trinajstić information content (AvgIpc) is 3.24. The van der Waals surface area contributed by atoms with Gasteiger partial charge in [-0.3, -0.25) is 14.6 Å². The minimum Gasteiger partial charge on any atom is -0.495 e. The number of methoxy groups -OCH3 is 1. The van der Waals surface area contributed by atoms with Gasteiger partial charge in [0, 0.05) is 17.1 Å². The normalized spacial score (nSPS) is 15.6.